The highest BCUT2D eigenvalue weighted by Crippen LogP contribution is 2.53. The molecule has 77 heavy (non-hydrogen) atoms. The molecular weight excluding hydrogens is 941 g/mol. The lowest BCUT2D eigenvalue weighted by Gasteiger charge is -2.39. The summed E-state index contributed by atoms with van der Waals surface area (Å²) < 4.78 is 11.9. The predicted molar refractivity (Wildman–Crippen MR) is 311 cm³/mol. The molecule has 0 heterocycles. The highest BCUT2D eigenvalue weighted by Gasteiger charge is 2.46. The normalized spacial score (nSPS) is 16.5. The molecule has 0 saturated carbocycles. The molecule has 0 saturated heterocycles. The maximum Gasteiger partial charge on any atom is 0.167 e. The zero-order valence-electron chi connectivity index (χ0n) is 43.7. The quantitative estimate of drug-likeness (QED) is 0.128. The molecule has 372 valence electrons. The fourth-order valence-corrected chi connectivity index (χ4v) is 12.5. The monoisotopic (exact) mass is 996 g/mol. The van der Waals surface area contributed by atoms with E-state index in [1.54, 1.807) is 0 Å². The molecule has 0 amide bonds. The van der Waals surface area contributed by atoms with Crippen molar-refractivity contribution in [1.29, 1.82) is 0 Å². The summed E-state index contributed by atoms with van der Waals surface area (Å²) in [6, 6.07) is 77.3. The molecule has 0 bridgehead atoms. The SMILES string of the molecule is CC#CCOc1ccc2cc(C3(c4ccc(C(C)(C)c5ccc(C6(c7ccc8cc(OCC#CC)ccc8c7)c7ccccc7CC(=O)c7ccccc76)cc5)cc4)c4ccccc4CC(=O)c4ccccc43)ccc2c1. The minimum Gasteiger partial charge on any atom is -0.481 e. The highest BCUT2D eigenvalue weighted by molar-refractivity contribution is 6.03. The van der Waals surface area contributed by atoms with Crippen LogP contribution in [-0.2, 0) is 29.1 Å². The molecule has 12 rings (SSSR count). The molecule has 0 aliphatic heterocycles. The van der Waals surface area contributed by atoms with Gasteiger partial charge in [-0.3, -0.25) is 9.59 Å². The zero-order chi connectivity index (χ0) is 52.7. The number of carbonyl (C=O) groups excluding carboxylic acids is 2. The van der Waals surface area contributed by atoms with Crippen LogP contribution in [0.15, 0.2) is 218 Å². The average molecular weight is 997 g/mol. The number of carbonyl (C=O) groups is 2. The standard InChI is InChI=1S/C73H56O4/c1-5-7-41-76-61-39-27-49-43-59(29-25-51(49)45-61)72(65-21-13-9-17-53(65)47-69(74)63-19-11-15-23-67(63)72)57-35-31-55(32-36-57)71(3,4)56-33-37-58(38-34-56)73(60-30-26-52-46-62(77-42-8-6-2)40-28-50(52)44-60)66-22-14-10-18-54(66)48-70(75)64-20-12-16-24-68(64)73/h9-40,43-46H,41-42,47-48H2,1-4H3. The van der Waals surface area contributed by atoms with E-state index in [9.17, 15) is 9.59 Å². The third-order valence-electron chi connectivity index (χ3n) is 16.4. The Morgan fingerprint density at radius 3 is 1.17 bits per heavy atom. The molecule has 0 N–H and O–H groups in total. The Labute approximate surface area is 451 Å². The first-order valence-electron chi connectivity index (χ1n) is 26.4. The summed E-state index contributed by atoms with van der Waals surface area (Å²) >= 11 is 0. The van der Waals surface area contributed by atoms with Gasteiger partial charge in [-0.15, -0.1) is 11.8 Å². The van der Waals surface area contributed by atoms with Gasteiger partial charge in [-0.2, -0.15) is 0 Å². The van der Waals surface area contributed by atoms with Crippen LogP contribution in [-0.4, -0.2) is 24.8 Å². The van der Waals surface area contributed by atoms with Crippen LogP contribution in [0.4, 0.5) is 0 Å². The summed E-state index contributed by atoms with van der Waals surface area (Å²) in [4.78, 5) is 28.7. The molecule has 2 aliphatic rings. The first-order chi connectivity index (χ1) is 37.6. The molecule has 2 atom stereocenters. The van der Waals surface area contributed by atoms with Crippen LogP contribution in [0.25, 0.3) is 21.5 Å². The van der Waals surface area contributed by atoms with E-state index in [1.807, 2.05) is 62.4 Å². The van der Waals surface area contributed by atoms with Crippen molar-refractivity contribution in [2.75, 3.05) is 13.2 Å². The van der Waals surface area contributed by atoms with Crippen molar-refractivity contribution < 1.29 is 19.1 Å². The van der Waals surface area contributed by atoms with E-state index in [4.69, 9.17) is 9.47 Å². The zero-order valence-corrected chi connectivity index (χ0v) is 43.7. The van der Waals surface area contributed by atoms with Gasteiger partial charge in [0.15, 0.2) is 11.6 Å². The Bertz CT molecular complexity index is 3830. The largest absolute Gasteiger partial charge is 0.481 e. The van der Waals surface area contributed by atoms with Crippen molar-refractivity contribution in [2.45, 2.75) is 56.8 Å². The van der Waals surface area contributed by atoms with Crippen molar-refractivity contribution in [1.82, 2.24) is 0 Å². The Morgan fingerprint density at radius 1 is 0.403 bits per heavy atom. The van der Waals surface area contributed by atoms with Crippen LogP contribution in [0, 0.1) is 23.7 Å². The summed E-state index contributed by atoms with van der Waals surface area (Å²) in [6.45, 7) is 8.87. The maximum absolute atomic E-state index is 14.4. The number of fused-ring (bicyclic) bond motifs is 6. The molecule has 2 unspecified atom stereocenters. The van der Waals surface area contributed by atoms with Gasteiger partial charge in [0.25, 0.3) is 0 Å². The van der Waals surface area contributed by atoms with Gasteiger partial charge < -0.3 is 9.47 Å². The minimum absolute atomic E-state index is 0.108. The predicted octanol–water partition coefficient (Wildman–Crippen LogP) is 15.4. The summed E-state index contributed by atoms with van der Waals surface area (Å²) in [5.41, 5.74) is 12.1. The van der Waals surface area contributed by atoms with Gasteiger partial charge in [-0.05, 0) is 139 Å². The van der Waals surface area contributed by atoms with E-state index in [2.05, 4.69) is 207 Å². The first-order valence-corrected chi connectivity index (χ1v) is 26.4. The maximum atomic E-state index is 14.4. The molecule has 0 spiro atoms. The number of ether oxygens (including phenoxy) is 2. The molecule has 4 nitrogen and oxygen atoms in total. The Hall–Kier alpha value is -9.22. The van der Waals surface area contributed by atoms with Gasteiger partial charge in [0.1, 0.15) is 24.7 Å². The fraction of sp³-hybridized carbons (Fsp3) is 0.151. The molecular formula is C73H56O4. The van der Waals surface area contributed by atoms with Crippen molar-refractivity contribution in [3.63, 3.8) is 0 Å². The van der Waals surface area contributed by atoms with Crippen molar-refractivity contribution in [2.24, 2.45) is 0 Å². The molecule has 0 radical (unpaired) electrons. The van der Waals surface area contributed by atoms with Gasteiger partial charge >= 0.3 is 0 Å². The number of hydrogen-bond acceptors (Lipinski definition) is 4. The van der Waals surface area contributed by atoms with Crippen LogP contribution in [0.2, 0.25) is 0 Å². The third kappa shape index (κ3) is 8.21. The lowest BCUT2D eigenvalue weighted by Crippen LogP contribution is -2.33. The molecule has 2 aliphatic carbocycles. The molecule has 10 aromatic rings. The van der Waals surface area contributed by atoms with E-state index in [0.717, 1.165) is 111 Å². The van der Waals surface area contributed by atoms with Crippen LogP contribution in [0.1, 0.15) is 115 Å². The van der Waals surface area contributed by atoms with Crippen molar-refractivity contribution in [3.8, 4) is 35.2 Å². The summed E-state index contributed by atoms with van der Waals surface area (Å²) in [5, 5.41) is 4.27. The van der Waals surface area contributed by atoms with Gasteiger partial charge in [0.2, 0.25) is 0 Å². The van der Waals surface area contributed by atoms with Crippen molar-refractivity contribution in [3.05, 3.63) is 296 Å². The average Bonchev–Trinajstić information content (AvgIpc) is 3.71. The third-order valence-corrected chi connectivity index (χ3v) is 16.4. The second kappa shape index (κ2) is 19.8. The lowest BCUT2D eigenvalue weighted by atomic mass is 9.63. The summed E-state index contributed by atoms with van der Waals surface area (Å²) in [7, 11) is 0. The second-order valence-corrected chi connectivity index (χ2v) is 20.8. The van der Waals surface area contributed by atoms with Crippen LogP contribution < -0.4 is 9.47 Å². The van der Waals surface area contributed by atoms with Gasteiger partial charge in [-0.25, -0.2) is 0 Å². The van der Waals surface area contributed by atoms with Gasteiger partial charge in [0, 0.05) is 29.4 Å². The van der Waals surface area contributed by atoms with Crippen molar-refractivity contribution >= 4 is 33.1 Å². The van der Waals surface area contributed by atoms with E-state index in [-0.39, 0.29) is 11.6 Å². The van der Waals surface area contributed by atoms with Gasteiger partial charge in [0.05, 0.1) is 10.8 Å². The minimum atomic E-state index is -0.826. The first kappa shape index (κ1) is 48.7. The summed E-state index contributed by atoms with van der Waals surface area (Å²) in [6.07, 6.45) is 0.624. The molecule has 0 fully saturated rings. The smallest absolute Gasteiger partial charge is 0.167 e. The number of hydrogen-bond donors (Lipinski definition) is 0. The molecule has 0 aromatic heterocycles. The fourth-order valence-electron chi connectivity index (χ4n) is 12.5. The van der Waals surface area contributed by atoms with E-state index < -0.39 is 16.2 Å². The van der Waals surface area contributed by atoms with Crippen LogP contribution in [0.5, 0.6) is 11.5 Å². The van der Waals surface area contributed by atoms with Gasteiger partial charge in [-0.1, -0.05) is 208 Å². The number of ketones is 2. The lowest BCUT2D eigenvalue weighted by molar-refractivity contribution is 0.0984. The van der Waals surface area contributed by atoms with Crippen LogP contribution in [0.3, 0.4) is 0 Å². The Kier molecular flexibility index (Phi) is 12.5. The highest BCUT2D eigenvalue weighted by atomic mass is 16.5. The second-order valence-electron chi connectivity index (χ2n) is 20.8. The number of rotatable bonds is 10. The topological polar surface area (TPSA) is 52.6 Å². The Balaban J connectivity index is 0.986. The number of Topliss-reactive ketones (excluding diaryl/α,β-unsaturated/α-hetero) is 2. The van der Waals surface area contributed by atoms with E-state index in [0.29, 0.717) is 26.1 Å². The van der Waals surface area contributed by atoms with E-state index in [1.165, 1.54) is 0 Å². The number of benzene rings is 10. The Morgan fingerprint density at radius 2 is 0.753 bits per heavy atom. The van der Waals surface area contributed by atoms with E-state index >= 15 is 0 Å². The molecule has 10 aromatic carbocycles. The van der Waals surface area contributed by atoms with Crippen LogP contribution >= 0.6 is 0 Å². The molecule has 4 heteroatoms. The summed E-state index contributed by atoms with van der Waals surface area (Å²) in [5.74, 6) is 13.6.